The number of aromatic nitrogens is 1. The lowest BCUT2D eigenvalue weighted by Crippen LogP contribution is -2.28. The summed E-state index contributed by atoms with van der Waals surface area (Å²) >= 11 is 1.85. The highest BCUT2D eigenvalue weighted by Crippen LogP contribution is 2.46. The molecular weight excluding hydrogens is 278 g/mol. The Balaban J connectivity index is 1.83. The molecule has 1 aromatic rings. The predicted octanol–water partition coefficient (Wildman–Crippen LogP) is 4.13. The second kappa shape index (κ2) is 5.24. The van der Waals surface area contributed by atoms with E-state index in [4.69, 9.17) is 10.7 Å². The molecule has 0 spiro atoms. The Labute approximate surface area is 132 Å². The van der Waals surface area contributed by atoms with Gasteiger partial charge in [0.25, 0.3) is 0 Å². The molecule has 1 aromatic heterocycles. The zero-order chi connectivity index (χ0) is 15.3. The molecule has 4 heteroatoms. The second-order valence-electron chi connectivity index (χ2n) is 7.84. The third-order valence-corrected chi connectivity index (χ3v) is 6.97. The molecule has 21 heavy (non-hydrogen) atoms. The molecule has 2 aliphatic rings. The summed E-state index contributed by atoms with van der Waals surface area (Å²) in [5, 5.41) is 1.22. The first-order valence-corrected chi connectivity index (χ1v) is 9.20. The zero-order valence-corrected chi connectivity index (χ0v) is 14.7. The zero-order valence-electron chi connectivity index (χ0n) is 13.9. The average Bonchev–Trinajstić information content (AvgIpc) is 3.01. The molecule has 0 saturated carbocycles. The summed E-state index contributed by atoms with van der Waals surface area (Å²) in [6, 6.07) is 0.180. The summed E-state index contributed by atoms with van der Waals surface area (Å²) in [6.07, 6.45) is 6.01. The molecule has 0 bridgehead atoms. The van der Waals surface area contributed by atoms with Crippen LogP contribution in [0.5, 0.6) is 0 Å². The van der Waals surface area contributed by atoms with E-state index < -0.39 is 0 Å². The van der Waals surface area contributed by atoms with E-state index in [0.29, 0.717) is 10.8 Å². The lowest BCUT2D eigenvalue weighted by Gasteiger charge is -2.32. The van der Waals surface area contributed by atoms with Crippen molar-refractivity contribution in [2.75, 3.05) is 18.0 Å². The molecule has 1 aliphatic carbocycles. The average molecular weight is 308 g/mol. The number of hydrogen-bond donors (Lipinski definition) is 1. The molecule has 3 rings (SSSR count). The molecule has 2 N–H and O–H groups in total. The van der Waals surface area contributed by atoms with Crippen LogP contribution in [-0.4, -0.2) is 18.1 Å². The summed E-state index contributed by atoms with van der Waals surface area (Å²) in [4.78, 5) is 8.83. The van der Waals surface area contributed by atoms with Gasteiger partial charge in [0.2, 0.25) is 0 Å². The van der Waals surface area contributed by atoms with Gasteiger partial charge in [-0.3, -0.25) is 0 Å². The lowest BCUT2D eigenvalue weighted by atomic mass is 9.77. The fourth-order valence-electron chi connectivity index (χ4n) is 4.04. The van der Waals surface area contributed by atoms with Gasteiger partial charge >= 0.3 is 0 Å². The fourth-order valence-corrected chi connectivity index (χ4v) is 5.15. The molecule has 1 saturated heterocycles. The highest BCUT2D eigenvalue weighted by atomic mass is 32.1. The number of thiazole rings is 1. The predicted molar refractivity (Wildman–Crippen MR) is 91.0 cm³/mol. The number of anilines is 1. The number of fused-ring (bicyclic) bond motifs is 1. The molecule has 0 radical (unpaired) electrons. The van der Waals surface area contributed by atoms with Crippen molar-refractivity contribution in [3.05, 3.63) is 10.6 Å². The van der Waals surface area contributed by atoms with E-state index in [9.17, 15) is 0 Å². The second-order valence-corrected chi connectivity index (χ2v) is 8.85. The minimum atomic E-state index is 0.180. The van der Waals surface area contributed by atoms with E-state index in [1.165, 1.54) is 41.5 Å². The summed E-state index contributed by atoms with van der Waals surface area (Å²) < 4.78 is 0. The summed E-state index contributed by atoms with van der Waals surface area (Å²) in [5.74, 6) is 0. The van der Waals surface area contributed by atoms with Gasteiger partial charge in [0.1, 0.15) is 0 Å². The van der Waals surface area contributed by atoms with Crippen molar-refractivity contribution >= 4 is 16.5 Å². The van der Waals surface area contributed by atoms with E-state index in [1.807, 2.05) is 11.3 Å². The van der Waals surface area contributed by atoms with Crippen molar-refractivity contribution in [2.45, 2.75) is 65.8 Å². The van der Waals surface area contributed by atoms with Gasteiger partial charge in [-0.2, -0.15) is 0 Å². The monoisotopic (exact) mass is 307 g/mol. The molecule has 118 valence electrons. The van der Waals surface area contributed by atoms with E-state index in [-0.39, 0.29) is 6.04 Å². The van der Waals surface area contributed by atoms with E-state index in [2.05, 4.69) is 32.6 Å². The van der Waals surface area contributed by atoms with Crippen LogP contribution >= 0.6 is 11.3 Å². The maximum absolute atomic E-state index is 6.39. The van der Waals surface area contributed by atoms with Crippen LogP contribution in [0.25, 0.3) is 0 Å². The maximum Gasteiger partial charge on any atom is 0.185 e. The first kappa shape index (κ1) is 15.3. The normalized spacial score (nSPS) is 26.9. The van der Waals surface area contributed by atoms with Gasteiger partial charge in [0.05, 0.1) is 5.69 Å². The minimum Gasteiger partial charge on any atom is -0.348 e. The Bertz CT molecular complexity index is 516. The third-order valence-electron chi connectivity index (χ3n) is 5.68. The third kappa shape index (κ3) is 2.72. The van der Waals surface area contributed by atoms with E-state index in [0.717, 1.165) is 19.4 Å². The van der Waals surface area contributed by atoms with Crippen LogP contribution in [0.2, 0.25) is 0 Å². The highest BCUT2D eigenvalue weighted by molar-refractivity contribution is 7.15. The van der Waals surface area contributed by atoms with Gasteiger partial charge < -0.3 is 10.6 Å². The fraction of sp³-hybridized carbons (Fsp3) is 0.824. The van der Waals surface area contributed by atoms with Crippen LogP contribution in [0.15, 0.2) is 0 Å². The van der Waals surface area contributed by atoms with Crippen LogP contribution in [0, 0.1) is 10.8 Å². The van der Waals surface area contributed by atoms with Gasteiger partial charge in [0.15, 0.2) is 5.13 Å². The number of nitrogens with zero attached hydrogens (tertiary/aromatic N) is 2. The molecule has 0 aromatic carbocycles. The molecule has 0 amide bonds. The van der Waals surface area contributed by atoms with Gasteiger partial charge in [0, 0.05) is 24.0 Å². The Kier molecular flexibility index (Phi) is 3.81. The van der Waals surface area contributed by atoms with Crippen LogP contribution in [0.1, 0.15) is 70.0 Å². The van der Waals surface area contributed by atoms with Gasteiger partial charge in [-0.1, -0.05) is 39.0 Å². The molecular formula is C17H29N3S. The molecule has 2 heterocycles. The first-order valence-electron chi connectivity index (χ1n) is 8.38. The standard InChI is InChI=1S/C17H29N3S/c1-5-17(6-2)7-8-20(11-17)15-19-13-10-16(3,4)9-12(18)14(13)21-15/h12H,5-11,18H2,1-4H3. The first-order chi connectivity index (χ1) is 9.88. The molecule has 3 nitrogen and oxygen atoms in total. The van der Waals surface area contributed by atoms with Crippen molar-refractivity contribution < 1.29 is 0 Å². The number of nitrogens with two attached hydrogens (primary N) is 1. The van der Waals surface area contributed by atoms with Gasteiger partial charge in [-0.15, -0.1) is 0 Å². The SMILES string of the molecule is CCC1(CC)CCN(c2nc3c(s2)C(N)CC(C)(C)C3)C1. The van der Waals surface area contributed by atoms with Crippen LogP contribution < -0.4 is 10.6 Å². The van der Waals surface area contributed by atoms with Crippen molar-refractivity contribution in [1.29, 1.82) is 0 Å². The Morgan fingerprint density at radius 3 is 2.67 bits per heavy atom. The Hall–Kier alpha value is -0.610. The summed E-state index contributed by atoms with van der Waals surface area (Å²) in [6.45, 7) is 11.6. The van der Waals surface area contributed by atoms with Crippen molar-refractivity contribution in [2.24, 2.45) is 16.6 Å². The Morgan fingerprint density at radius 1 is 1.33 bits per heavy atom. The summed E-state index contributed by atoms with van der Waals surface area (Å²) in [7, 11) is 0. The quantitative estimate of drug-likeness (QED) is 0.913. The smallest absolute Gasteiger partial charge is 0.185 e. The number of rotatable bonds is 3. The maximum atomic E-state index is 6.39. The van der Waals surface area contributed by atoms with Crippen LogP contribution in [0.3, 0.4) is 0 Å². The molecule has 1 unspecified atom stereocenters. The van der Waals surface area contributed by atoms with Crippen LogP contribution in [0.4, 0.5) is 5.13 Å². The van der Waals surface area contributed by atoms with Gasteiger partial charge in [-0.05, 0) is 42.9 Å². The van der Waals surface area contributed by atoms with Gasteiger partial charge in [-0.25, -0.2) is 4.98 Å². The van der Waals surface area contributed by atoms with E-state index >= 15 is 0 Å². The van der Waals surface area contributed by atoms with Crippen molar-refractivity contribution in [3.8, 4) is 0 Å². The topological polar surface area (TPSA) is 42.2 Å². The minimum absolute atomic E-state index is 0.180. The molecule has 1 aliphatic heterocycles. The van der Waals surface area contributed by atoms with Crippen molar-refractivity contribution in [3.63, 3.8) is 0 Å². The lowest BCUT2D eigenvalue weighted by molar-refractivity contribution is 0.282. The molecule has 1 fully saturated rings. The molecule has 1 atom stereocenters. The largest absolute Gasteiger partial charge is 0.348 e. The van der Waals surface area contributed by atoms with Crippen molar-refractivity contribution in [1.82, 2.24) is 4.98 Å². The van der Waals surface area contributed by atoms with E-state index in [1.54, 1.807) is 0 Å². The summed E-state index contributed by atoms with van der Waals surface area (Å²) in [5.41, 5.74) is 8.46. The number of hydrogen-bond acceptors (Lipinski definition) is 4. The Morgan fingerprint density at radius 2 is 2.05 bits per heavy atom. The highest BCUT2D eigenvalue weighted by Gasteiger charge is 2.38. The van der Waals surface area contributed by atoms with Crippen LogP contribution in [-0.2, 0) is 6.42 Å².